The molecule has 0 amide bonds. The summed E-state index contributed by atoms with van der Waals surface area (Å²) in [6.45, 7) is 6.41. The molecule has 0 saturated carbocycles. The van der Waals surface area contributed by atoms with E-state index in [1.165, 1.54) is 135 Å². The minimum absolute atomic E-state index is 0.0904. The van der Waals surface area contributed by atoms with Crippen molar-refractivity contribution in [1.29, 1.82) is 0 Å². The van der Waals surface area contributed by atoms with Crippen LogP contribution in [0.15, 0.2) is 122 Å². The van der Waals surface area contributed by atoms with E-state index in [2.05, 4.69) is 142 Å². The summed E-state index contributed by atoms with van der Waals surface area (Å²) in [4.78, 5) is 38.5. The molecule has 0 aromatic heterocycles. The van der Waals surface area contributed by atoms with Gasteiger partial charge in [0, 0.05) is 19.3 Å². The Morgan fingerprint density at radius 1 is 0.259 bits per heavy atom. The highest BCUT2D eigenvalue weighted by Crippen LogP contribution is 2.16. The molecule has 0 saturated heterocycles. The van der Waals surface area contributed by atoms with Gasteiger partial charge in [0.1, 0.15) is 13.2 Å². The van der Waals surface area contributed by atoms with Crippen molar-refractivity contribution in [3.63, 3.8) is 0 Å². The first-order valence-electron chi connectivity index (χ1n) is 34.0. The fourth-order valence-corrected chi connectivity index (χ4v) is 9.40. The molecule has 0 fully saturated rings. The number of carbonyl (C=O) groups is 3. The number of hydrogen-bond donors (Lipinski definition) is 0. The maximum atomic E-state index is 12.9. The molecule has 0 aliphatic carbocycles. The van der Waals surface area contributed by atoms with Crippen molar-refractivity contribution < 1.29 is 28.6 Å². The second-order valence-corrected chi connectivity index (χ2v) is 22.3. The predicted molar refractivity (Wildman–Crippen MR) is 353 cm³/mol. The number of rotatable bonds is 61. The first-order chi connectivity index (χ1) is 40.0. The zero-order valence-electron chi connectivity index (χ0n) is 53.0. The molecule has 0 rings (SSSR count). The van der Waals surface area contributed by atoms with Gasteiger partial charge in [-0.2, -0.15) is 0 Å². The SMILES string of the molecule is CC/C=C\C/C=C\C/C=C\C/C=C\CCCCCCCCC(=O)OCC(COC(=O)CCCCCCCCCCCCCCC/C=C\C/C=C\CCCCCCC)OC(=O)CCCCCCCC/C=C\C/C=C\C/C=C\C/C=C\CC. The topological polar surface area (TPSA) is 78.9 Å². The standard InChI is InChI=1S/C75H126O6/c1-4-7-10-13-16-19-22-25-28-31-34-35-36-37-38-39-42-44-47-50-53-56-59-62-65-68-74(77)80-71-72(81-75(78)69-66-63-60-57-54-51-48-45-41-33-30-27-24-21-18-15-12-9-6-3)70-79-73(76)67-64-61-58-55-52-49-46-43-40-32-29-26-23-20-17-14-11-8-5-2/h8-9,11-12,17-18,20-22,25-27,29-31,34,40-41,43,45,72H,4-7,10,13-16,19,23-24,28,32-33,35-39,42,44,46-71H2,1-3H3/b11-8-,12-9-,20-17-,21-18-,25-22-,29-26-,30-27-,34-31-,43-40-,45-41-. The maximum absolute atomic E-state index is 12.9. The van der Waals surface area contributed by atoms with E-state index in [1.54, 1.807) is 0 Å². The quantitative estimate of drug-likeness (QED) is 0.0261. The zero-order valence-corrected chi connectivity index (χ0v) is 53.0. The van der Waals surface area contributed by atoms with Crippen LogP contribution in [0.25, 0.3) is 0 Å². The van der Waals surface area contributed by atoms with Crippen LogP contribution >= 0.6 is 0 Å². The van der Waals surface area contributed by atoms with E-state index < -0.39 is 6.10 Å². The molecular formula is C75H126O6. The van der Waals surface area contributed by atoms with Crippen LogP contribution < -0.4 is 0 Å². The van der Waals surface area contributed by atoms with Gasteiger partial charge in [0.15, 0.2) is 6.10 Å². The van der Waals surface area contributed by atoms with Crippen LogP contribution in [0.2, 0.25) is 0 Å². The van der Waals surface area contributed by atoms with Gasteiger partial charge in [0.05, 0.1) is 0 Å². The lowest BCUT2D eigenvalue weighted by Gasteiger charge is -2.18. The lowest BCUT2D eigenvalue weighted by molar-refractivity contribution is -0.167. The van der Waals surface area contributed by atoms with E-state index in [9.17, 15) is 14.4 Å². The van der Waals surface area contributed by atoms with Gasteiger partial charge in [-0.15, -0.1) is 0 Å². The Hall–Kier alpha value is -4.19. The molecule has 0 aromatic rings. The molecule has 81 heavy (non-hydrogen) atoms. The Bertz CT molecular complexity index is 1670. The van der Waals surface area contributed by atoms with Gasteiger partial charge in [-0.25, -0.2) is 0 Å². The fourth-order valence-electron chi connectivity index (χ4n) is 9.40. The Balaban J connectivity index is 4.40. The van der Waals surface area contributed by atoms with Crippen molar-refractivity contribution in [3.8, 4) is 0 Å². The Morgan fingerprint density at radius 2 is 0.481 bits per heavy atom. The molecule has 6 heteroatoms. The van der Waals surface area contributed by atoms with Gasteiger partial charge in [0.2, 0.25) is 0 Å². The van der Waals surface area contributed by atoms with Crippen LogP contribution in [0.1, 0.15) is 316 Å². The number of carbonyl (C=O) groups excluding carboxylic acids is 3. The second kappa shape index (κ2) is 68.3. The molecule has 1 unspecified atom stereocenters. The first-order valence-corrected chi connectivity index (χ1v) is 34.0. The predicted octanol–water partition coefficient (Wildman–Crippen LogP) is 23.6. The van der Waals surface area contributed by atoms with Gasteiger partial charge in [-0.05, 0) is 128 Å². The maximum Gasteiger partial charge on any atom is 0.306 e. The lowest BCUT2D eigenvalue weighted by Crippen LogP contribution is -2.30. The molecule has 0 aliphatic heterocycles. The second-order valence-electron chi connectivity index (χ2n) is 22.3. The first kappa shape index (κ1) is 76.8. The Labute approximate surface area is 501 Å². The molecule has 0 radical (unpaired) electrons. The normalized spacial score (nSPS) is 12.9. The molecular weight excluding hydrogens is 997 g/mol. The van der Waals surface area contributed by atoms with E-state index >= 15 is 0 Å². The Kier molecular flexibility index (Phi) is 64.8. The molecule has 462 valence electrons. The molecule has 0 bridgehead atoms. The summed E-state index contributed by atoms with van der Waals surface area (Å²) < 4.78 is 17.0. The summed E-state index contributed by atoms with van der Waals surface area (Å²) in [6, 6.07) is 0. The fraction of sp³-hybridized carbons (Fsp3) is 0.693. The molecule has 1 atom stereocenters. The highest BCUT2D eigenvalue weighted by molar-refractivity contribution is 5.71. The van der Waals surface area contributed by atoms with Crippen LogP contribution in [-0.2, 0) is 28.6 Å². The van der Waals surface area contributed by atoms with Gasteiger partial charge >= 0.3 is 17.9 Å². The third-order valence-electron chi connectivity index (χ3n) is 14.4. The summed E-state index contributed by atoms with van der Waals surface area (Å²) in [5.41, 5.74) is 0. The van der Waals surface area contributed by atoms with Crippen molar-refractivity contribution in [1.82, 2.24) is 0 Å². The summed E-state index contributed by atoms with van der Waals surface area (Å²) in [5, 5.41) is 0. The number of unbranched alkanes of at least 4 members (excludes halogenated alkanes) is 30. The minimum atomic E-state index is -0.798. The average Bonchev–Trinajstić information content (AvgIpc) is 3.47. The third kappa shape index (κ3) is 66.5. The van der Waals surface area contributed by atoms with E-state index in [4.69, 9.17) is 14.2 Å². The zero-order chi connectivity index (χ0) is 58.5. The summed E-state index contributed by atoms with van der Waals surface area (Å²) in [6.07, 6.45) is 94.9. The molecule has 0 spiro atoms. The van der Waals surface area contributed by atoms with Gasteiger partial charge in [-0.3, -0.25) is 14.4 Å². The van der Waals surface area contributed by atoms with Gasteiger partial charge in [0.25, 0.3) is 0 Å². The molecule has 0 N–H and O–H groups in total. The van der Waals surface area contributed by atoms with E-state index in [-0.39, 0.29) is 31.1 Å². The van der Waals surface area contributed by atoms with Crippen molar-refractivity contribution >= 4 is 17.9 Å². The van der Waals surface area contributed by atoms with E-state index in [0.717, 1.165) is 141 Å². The summed E-state index contributed by atoms with van der Waals surface area (Å²) in [7, 11) is 0. The smallest absolute Gasteiger partial charge is 0.306 e. The molecule has 0 aliphatic rings. The largest absolute Gasteiger partial charge is 0.462 e. The number of hydrogen-bond acceptors (Lipinski definition) is 6. The highest BCUT2D eigenvalue weighted by Gasteiger charge is 2.19. The van der Waals surface area contributed by atoms with Crippen molar-refractivity contribution in [2.75, 3.05) is 13.2 Å². The number of ether oxygens (including phenoxy) is 3. The summed E-state index contributed by atoms with van der Waals surface area (Å²) in [5.74, 6) is -0.911. The van der Waals surface area contributed by atoms with Crippen LogP contribution in [0, 0.1) is 0 Å². The minimum Gasteiger partial charge on any atom is -0.462 e. The van der Waals surface area contributed by atoms with Gasteiger partial charge in [-0.1, -0.05) is 290 Å². The van der Waals surface area contributed by atoms with Crippen LogP contribution in [0.3, 0.4) is 0 Å². The highest BCUT2D eigenvalue weighted by atomic mass is 16.6. The van der Waals surface area contributed by atoms with Gasteiger partial charge < -0.3 is 14.2 Å². The van der Waals surface area contributed by atoms with Crippen LogP contribution in [-0.4, -0.2) is 37.2 Å². The third-order valence-corrected chi connectivity index (χ3v) is 14.4. The van der Waals surface area contributed by atoms with Crippen LogP contribution in [0.4, 0.5) is 0 Å². The monoisotopic (exact) mass is 1120 g/mol. The molecule has 0 aromatic carbocycles. The van der Waals surface area contributed by atoms with E-state index in [0.29, 0.717) is 19.3 Å². The molecule has 0 heterocycles. The van der Waals surface area contributed by atoms with E-state index in [1.807, 2.05) is 0 Å². The number of esters is 3. The molecule has 6 nitrogen and oxygen atoms in total. The Morgan fingerprint density at radius 3 is 0.753 bits per heavy atom. The van der Waals surface area contributed by atoms with Crippen LogP contribution in [0.5, 0.6) is 0 Å². The lowest BCUT2D eigenvalue weighted by atomic mass is 10.0. The average molecular weight is 1120 g/mol. The summed E-state index contributed by atoms with van der Waals surface area (Å²) >= 11 is 0. The number of allylic oxidation sites excluding steroid dienone is 20. The van der Waals surface area contributed by atoms with Crippen molar-refractivity contribution in [2.45, 2.75) is 322 Å². The van der Waals surface area contributed by atoms with Crippen molar-refractivity contribution in [3.05, 3.63) is 122 Å². The van der Waals surface area contributed by atoms with Crippen molar-refractivity contribution in [2.24, 2.45) is 0 Å².